The first-order chi connectivity index (χ1) is 23.0. The van der Waals surface area contributed by atoms with Crippen LogP contribution in [0.1, 0.15) is 36.8 Å². The molecular weight excluding hydrogens is 679 g/mol. The van der Waals surface area contributed by atoms with E-state index < -0.39 is 15.9 Å². The Morgan fingerprint density at radius 1 is 0.792 bits per heavy atom. The summed E-state index contributed by atoms with van der Waals surface area (Å²) < 4.78 is 22.9. The van der Waals surface area contributed by atoms with Gasteiger partial charge in [0.15, 0.2) is 0 Å². The molecule has 4 aromatic rings. The number of hydrogen-bond acceptors (Lipinski definition) is 10. The molecule has 4 heterocycles. The Morgan fingerprint density at radius 2 is 1.29 bits per heavy atom. The number of sulfone groups is 1. The number of benzene rings is 2. The number of hydrogen-bond donors (Lipinski definition) is 4. The zero-order valence-corrected chi connectivity index (χ0v) is 28.1. The van der Waals surface area contributed by atoms with Crippen molar-refractivity contribution < 1.29 is 18.0 Å². The van der Waals surface area contributed by atoms with Crippen LogP contribution in [0.2, 0.25) is 10.0 Å². The number of nitrogens with two attached hydrogens (primary N) is 1. The number of urea groups is 2. The van der Waals surface area contributed by atoms with Crippen molar-refractivity contribution >= 4 is 74.1 Å². The molecule has 0 radical (unpaired) electrons. The molecule has 2 aromatic carbocycles. The van der Waals surface area contributed by atoms with Gasteiger partial charge in [0.2, 0.25) is 20.9 Å². The van der Waals surface area contributed by atoms with E-state index in [9.17, 15) is 18.0 Å². The number of fused-ring (bicyclic) bond motifs is 2. The zero-order valence-electron chi connectivity index (χ0n) is 25.7. The number of carbonyl (C=O) groups excluding carboxylic acids is 2. The molecule has 7 rings (SSSR count). The fourth-order valence-electron chi connectivity index (χ4n) is 5.49. The molecule has 2 aromatic heterocycles. The Hall–Kier alpha value is -4.57. The van der Waals surface area contributed by atoms with Crippen molar-refractivity contribution in [2.75, 3.05) is 32.0 Å². The minimum atomic E-state index is -3.53. The normalized spacial score (nSPS) is 18.8. The first-order valence-corrected chi connectivity index (χ1v) is 17.7. The minimum absolute atomic E-state index is 0.198. The molecule has 1 aliphatic carbocycles. The van der Waals surface area contributed by atoms with E-state index in [4.69, 9.17) is 28.9 Å². The van der Waals surface area contributed by atoms with Gasteiger partial charge in [-0.05, 0) is 49.9 Å². The molecule has 0 spiro atoms. The molecule has 1 saturated carbocycles. The number of nitrogens with zero attached hydrogens (tertiary/aromatic N) is 6. The maximum Gasteiger partial charge on any atom is 0.327 e. The number of aromatic nitrogens is 4. The van der Waals surface area contributed by atoms with Gasteiger partial charge >= 0.3 is 12.1 Å². The lowest BCUT2D eigenvalue weighted by atomic mass is 9.92. The highest BCUT2D eigenvalue weighted by molar-refractivity contribution is 7.90. The summed E-state index contributed by atoms with van der Waals surface area (Å²) in [6, 6.07) is 14.1. The maximum atomic E-state index is 12.5. The summed E-state index contributed by atoms with van der Waals surface area (Å²) >= 11 is 12.3. The lowest BCUT2D eigenvalue weighted by Crippen LogP contribution is -2.39. The molecule has 1 fully saturated rings. The van der Waals surface area contributed by atoms with Gasteiger partial charge in [0, 0.05) is 41.9 Å². The second-order valence-electron chi connectivity index (χ2n) is 11.6. The predicted molar refractivity (Wildman–Crippen MR) is 184 cm³/mol. The first kappa shape index (κ1) is 33.3. The standard InChI is InChI=1S/C18H21ClN6O.C13H11ClN4O3S/c19-14-3-1-2-4-15(14)25-10-11-9-21-17(23-16(11)24-18(25)26)22-13-7-5-12(20)6-8-13;1-22(20,21)12-15-6-8-7-18(13(19)17-11(8)16-12)10-5-3-2-4-9(10)14/h1-4,9,12-13H,5-8,10,20H2,(H2,21,22,23,24,26);2-6H,7H2,1H3,(H,15,16,17,19). The summed E-state index contributed by atoms with van der Waals surface area (Å²) in [6.45, 7) is 0.582. The molecule has 0 atom stereocenters. The molecule has 5 N–H and O–H groups in total. The Labute approximate surface area is 287 Å². The molecule has 3 aliphatic rings. The van der Waals surface area contributed by atoms with Crippen LogP contribution in [-0.4, -0.2) is 58.8 Å². The number of para-hydroxylation sites is 2. The molecule has 250 valence electrons. The number of nitrogens with one attached hydrogen (secondary N) is 3. The van der Waals surface area contributed by atoms with E-state index >= 15 is 0 Å². The molecule has 0 unspecified atom stereocenters. The maximum absolute atomic E-state index is 12.5. The summed E-state index contributed by atoms with van der Waals surface area (Å²) in [4.78, 5) is 44.4. The number of halogens is 2. The van der Waals surface area contributed by atoms with Crippen molar-refractivity contribution in [2.24, 2.45) is 5.73 Å². The molecule has 0 bridgehead atoms. The molecular formula is C31H32Cl2N10O4S. The van der Waals surface area contributed by atoms with E-state index in [-0.39, 0.29) is 23.6 Å². The van der Waals surface area contributed by atoms with Gasteiger partial charge in [-0.3, -0.25) is 20.4 Å². The smallest absolute Gasteiger partial charge is 0.327 e. The fourth-order valence-corrected chi connectivity index (χ4v) is 6.47. The van der Waals surface area contributed by atoms with E-state index in [1.54, 1.807) is 41.4 Å². The molecule has 14 nitrogen and oxygen atoms in total. The van der Waals surface area contributed by atoms with Crippen LogP contribution >= 0.6 is 23.2 Å². The van der Waals surface area contributed by atoms with Crippen LogP contribution in [-0.2, 0) is 22.9 Å². The highest BCUT2D eigenvalue weighted by atomic mass is 35.5. The topological polar surface area (TPSA) is 188 Å². The summed E-state index contributed by atoms with van der Waals surface area (Å²) in [5.41, 5.74) is 8.62. The van der Waals surface area contributed by atoms with Gasteiger partial charge in [-0.1, -0.05) is 47.5 Å². The van der Waals surface area contributed by atoms with Gasteiger partial charge in [-0.15, -0.1) is 0 Å². The average molecular weight is 712 g/mol. The van der Waals surface area contributed by atoms with Crippen LogP contribution in [0, 0.1) is 0 Å². The number of amides is 4. The van der Waals surface area contributed by atoms with Crippen molar-refractivity contribution in [1.82, 2.24) is 19.9 Å². The van der Waals surface area contributed by atoms with Gasteiger partial charge in [0.05, 0.1) is 34.5 Å². The lowest BCUT2D eigenvalue weighted by molar-refractivity contribution is 0.255. The third-order valence-corrected chi connectivity index (χ3v) is 9.53. The molecule has 4 amide bonds. The number of rotatable bonds is 5. The van der Waals surface area contributed by atoms with Gasteiger partial charge in [0.25, 0.3) is 0 Å². The van der Waals surface area contributed by atoms with Crippen LogP contribution in [0.3, 0.4) is 0 Å². The van der Waals surface area contributed by atoms with E-state index in [0.29, 0.717) is 57.4 Å². The van der Waals surface area contributed by atoms with Crippen molar-refractivity contribution in [1.29, 1.82) is 0 Å². The van der Waals surface area contributed by atoms with E-state index in [1.807, 2.05) is 18.2 Å². The fraction of sp³-hybridized carbons (Fsp3) is 0.290. The van der Waals surface area contributed by atoms with Crippen LogP contribution in [0.4, 0.5) is 38.5 Å². The minimum Gasteiger partial charge on any atom is -0.351 e. The summed E-state index contributed by atoms with van der Waals surface area (Å²) in [7, 11) is -3.53. The highest BCUT2D eigenvalue weighted by Crippen LogP contribution is 2.33. The van der Waals surface area contributed by atoms with Crippen LogP contribution in [0.15, 0.2) is 66.1 Å². The quantitative estimate of drug-likeness (QED) is 0.194. The van der Waals surface area contributed by atoms with E-state index in [0.717, 1.165) is 37.5 Å². The Balaban J connectivity index is 0.000000170. The SMILES string of the molecule is CS(=O)(=O)c1ncc2c(n1)NC(=O)N(c1ccccc1Cl)C2.NC1CCC(Nc2ncc3c(n2)NC(=O)N(c2ccccc2Cl)C3)CC1. The third-order valence-electron chi connectivity index (χ3n) is 8.03. The van der Waals surface area contributed by atoms with Gasteiger partial charge in [-0.25, -0.2) is 33.0 Å². The average Bonchev–Trinajstić information content (AvgIpc) is 3.05. The summed E-state index contributed by atoms with van der Waals surface area (Å²) in [5, 5.41) is 9.40. The summed E-state index contributed by atoms with van der Waals surface area (Å²) in [6.07, 6.45) is 8.18. The Kier molecular flexibility index (Phi) is 9.64. The highest BCUT2D eigenvalue weighted by Gasteiger charge is 2.29. The molecule has 2 aliphatic heterocycles. The van der Waals surface area contributed by atoms with Crippen molar-refractivity contribution in [3.8, 4) is 0 Å². The Bertz CT molecular complexity index is 1970. The van der Waals surface area contributed by atoms with E-state index in [2.05, 4.69) is 35.9 Å². The lowest BCUT2D eigenvalue weighted by Gasteiger charge is -2.30. The second kappa shape index (κ2) is 13.9. The molecule has 48 heavy (non-hydrogen) atoms. The predicted octanol–water partition coefficient (Wildman–Crippen LogP) is 5.45. The van der Waals surface area contributed by atoms with Crippen LogP contribution in [0.5, 0.6) is 0 Å². The second-order valence-corrected chi connectivity index (χ2v) is 14.3. The number of anilines is 5. The molecule has 17 heteroatoms. The monoisotopic (exact) mass is 710 g/mol. The Morgan fingerprint density at radius 3 is 1.81 bits per heavy atom. The zero-order chi connectivity index (χ0) is 34.0. The first-order valence-electron chi connectivity index (χ1n) is 15.1. The van der Waals surface area contributed by atoms with Gasteiger partial charge in [0.1, 0.15) is 11.6 Å². The van der Waals surface area contributed by atoms with Crippen molar-refractivity contribution in [2.45, 2.75) is 56.0 Å². The van der Waals surface area contributed by atoms with Crippen LogP contribution in [0.25, 0.3) is 0 Å². The van der Waals surface area contributed by atoms with Gasteiger partial charge in [-0.2, -0.15) is 4.98 Å². The van der Waals surface area contributed by atoms with Crippen LogP contribution < -0.4 is 31.5 Å². The molecule has 0 saturated heterocycles. The van der Waals surface area contributed by atoms with Crippen molar-refractivity contribution in [3.05, 3.63) is 82.1 Å². The number of carbonyl (C=O) groups is 2. The summed E-state index contributed by atoms with van der Waals surface area (Å²) in [5.74, 6) is 1.28. The van der Waals surface area contributed by atoms with E-state index in [1.165, 1.54) is 11.1 Å². The largest absolute Gasteiger partial charge is 0.351 e. The van der Waals surface area contributed by atoms with Gasteiger partial charge < -0.3 is 11.1 Å². The van der Waals surface area contributed by atoms with Crippen molar-refractivity contribution in [3.63, 3.8) is 0 Å². The third kappa shape index (κ3) is 7.44.